The highest BCUT2D eigenvalue weighted by Gasteiger charge is 2.22. The van der Waals surface area contributed by atoms with E-state index in [-0.39, 0.29) is 17.9 Å². The van der Waals surface area contributed by atoms with E-state index in [1.807, 2.05) is 13.2 Å². The van der Waals surface area contributed by atoms with E-state index in [9.17, 15) is 0 Å². The number of hydrogen-bond acceptors (Lipinski definition) is 4. The lowest BCUT2D eigenvalue weighted by Crippen LogP contribution is -2.32. The quantitative estimate of drug-likeness (QED) is 0.750. The maximum absolute atomic E-state index is 4.51. The Kier molecular flexibility index (Phi) is 6.22. The zero-order chi connectivity index (χ0) is 15.6. The number of benzene rings is 1. The summed E-state index contributed by atoms with van der Waals surface area (Å²) in [5.74, 6) is 1.24. The number of halogens is 1. The highest BCUT2D eigenvalue weighted by atomic mass is 35.5. The molecule has 4 rings (SSSR count). The molecule has 6 nitrogen and oxygen atoms in total. The van der Waals surface area contributed by atoms with Crippen molar-refractivity contribution in [1.82, 2.24) is 15.0 Å². The monoisotopic (exact) mass is 361 g/mol. The number of nitrogens with one attached hydrogen (secondary N) is 2. The number of anilines is 2. The van der Waals surface area contributed by atoms with Crippen molar-refractivity contribution >= 4 is 35.1 Å². The number of H-pyrrole nitrogens is 1. The molecule has 0 atom stereocenters. The zero-order valence-corrected chi connectivity index (χ0v) is 15.0. The first-order chi connectivity index (χ1) is 11.3. The van der Waals surface area contributed by atoms with Crippen LogP contribution in [0.3, 0.4) is 0 Å². The molecule has 0 aliphatic carbocycles. The molecule has 1 aliphatic rings. The Labute approximate surface area is 153 Å². The number of hydrogen-bond donors (Lipinski definition) is 2. The Balaban J connectivity index is 0.00000113. The van der Waals surface area contributed by atoms with Crippen LogP contribution in [0.2, 0.25) is 0 Å². The van der Waals surface area contributed by atoms with E-state index in [4.69, 9.17) is 0 Å². The first-order valence-electron chi connectivity index (χ1n) is 8.17. The van der Waals surface area contributed by atoms with Gasteiger partial charge in [0, 0.05) is 37.4 Å². The van der Waals surface area contributed by atoms with Crippen LogP contribution in [0, 0.1) is 0 Å². The molecule has 0 spiro atoms. The SMILES string of the molecule is CNc1ncc2[nH]c(C3CCN(c4ccccc4)CC3)cc2n1.Cl.O. The molecule has 1 aromatic carbocycles. The van der Waals surface area contributed by atoms with Gasteiger partial charge in [-0.2, -0.15) is 0 Å². The third-order valence-electron chi connectivity index (χ3n) is 4.67. The van der Waals surface area contributed by atoms with Crippen LogP contribution in [-0.4, -0.2) is 40.6 Å². The maximum atomic E-state index is 4.51. The van der Waals surface area contributed by atoms with Crippen LogP contribution in [0.25, 0.3) is 11.0 Å². The molecule has 7 heteroatoms. The van der Waals surface area contributed by atoms with Crippen LogP contribution in [0.5, 0.6) is 0 Å². The molecule has 0 amide bonds. The third-order valence-corrected chi connectivity index (χ3v) is 4.67. The minimum Gasteiger partial charge on any atom is -0.412 e. The van der Waals surface area contributed by atoms with Crippen LogP contribution >= 0.6 is 12.4 Å². The number of nitrogens with zero attached hydrogens (tertiary/aromatic N) is 3. The molecule has 0 radical (unpaired) electrons. The van der Waals surface area contributed by atoms with Crippen LogP contribution in [0.4, 0.5) is 11.6 Å². The lowest BCUT2D eigenvalue weighted by molar-refractivity contribution is 0.498. The molecule has 0 bridgehead atoms. The van der Waals surface area contributed by atoms with E-state index in [1.165, 1.54) is 11.4 Å². The Morgan fingerprint density at radius 1 is 1.16 bits per heavy atom. The lowest BCUT2D eigenvalue weighted by Gasteiger charge is -2.33. The Hall–Kier alpha value is -2.31. The Bertz CT molecular complexity index is 800. The lowest BCUT2D eigenvalue weighted by atomic mass is 9.93. The molecule has 2 aromatic heterocycles. The minimum atomic E-state index is 0. The zero-order valence-electron chi connectivity index (χ0n) is 14.2. The summed E-state index contributed by atoms with van der Waals surface area (Å²) in [4.78, 5) is 14.8. The first kappa shape index (κ1) is 19.0. The van der Waals surface area contributed by atoms with E-state index < -0.39 is 0 Å². The van der Waals surface area contributed by atoms with E-state index in [1.54, 1.807) is 0 Å². The summed E-state index contributed by atoms with van der Waals surface area (Å²) in [6.07, 6.45) is 4.18. The summed E-state index contributed by atoms with van der Waals surface area (Å²) in [7, 11) is 1.84. The number of fused-ring (bicyclic) bond motifs is 1. The second-order valence-electron chi connectivity index (χ2n) is 6.06. The van der Waals surface area contributed by atoms with Crippen molar-refractivity contribution in [3.8, 4) is 0 Å². The van der Waals surface area contributed by atoms with Crippen molar-refractivity contribution in [3.05, 3.63) is 48.3 Å². The molecular formula is C18H24ClN5O. The normalized spacial score (nSPS) is 14.7. The average Bonchev–Trinajstić information content (AvgIpc) is 3.05. The van der Waals surface area contributed by atoms with Gasteiger partial charge in [0.05, 0.1) is 17.2 Å². The fourth-order valence-corrected chi connectivity index (χ4v) is 3.37. The molecule has 1 aliphatic heterocycles. The minimum absolute atomic E-state index is 0. The van der Waals surface area contributed by atoms with E-state index >= 15 is 0 Å². The van der Waals surface area contributed by atoms with E-state index in [0.717, 1.165) is 37.0 Å². The van der Waals surface area contributed by atoms with Gasteiger partial charge in [-0.3, -0.25) is 0 Å². The van der Waals surface area contributed by atoms with Crippen molar-refractivity contribution < 1.29 is 5.48 Å². The molecule has 134 valence electrons. The predicted molar refractivity (Wildman–Crippen MR) is 105 cm³/mol. The molecular weight excluding hydrogens is 338 g/mol. The number of para-hydroxylation sites is 1. The van der Waals surface area contributed by atoms with Gasteiger partial charge in [0.15, 0.2) is 0 Å². The van der Waals surface area contributed by atoms with Gasteiger partial charge < -0.3 is 20.7 Å². The largest absolute Gasteiger partial charge is 0.412 e. The molecule has 25 heavy (non-hydrogen) atoms. The van der Waals surface area contributed by atoms with Crippen LogP contribution in [0.15, 0.2) is 42.6 Å². The first-order valence-corrected chi connectivity index (χ1v) is 8.17. The van der Waals surface area contributed by atoms with E-state index in [0.29, 0.717) is 11.9 Å². The number of piperidine rings is 1. The van der Waals surface area contributed by atoms with Crippen molar-refractivity contribution in [1.29, 1.82) is 0 Å². The van der Waals surface area contributed by atoms with Crippen LogP contribution < -0.4 is 10.2 Å². The van der Waals surface area contributed by atoms with Gasteiger partial charge in [0.25, 0.3) is 0 Å². The maximum Gasteiger partial charge on any atom is 0.223 e. The van der Waals surface area contributed by atoms with Gasteiger partial charge in [0.2, 0.25) is 5.95 Å². The fourth-order valence-electron chi connectivity index (χ4n) is 3.37. The topological polar surface area (TPSA) is 88.3 Å². The van der Waals surface area contributed by atoms with Gasteiger partial charge in [-0.15, -0.1) is 12.4 Å². The molecule has 1 fully saturated rings. The number of aromatic amines is 1. The Morgan fingerprint density at radius 3 is 2.56 bits per heavy atom. The highest BCUT2D eigenvalue weighted by Crippen LogP contribution is 2.31. The summed E-state index contributed by atoms with van der Waals surface area (Å²) in [6, 6.07) is 12.9. The second-order valence-corrected chi connectivity index (χ2v) is 6.06. The number of rotatable bonds is 3. The molecule has 3 aromatic rings. The van der Waals surface area contributed by atoms with Crippen LogP contribution in [0.1, 0.15) is 24.5 Å². The Morgan fingerprint density at radius 2 is 1.88 bits per heavy atom. The van der Waals surface area contributed by atoms with Crippen LogP contribution in [-0.2, 0) is 0 Å². The van der Waals surface area contributed by atoms with Crippen molar-refractivity contribution in [2.45, 2.75) is 18.8 Å². The molecule has 0 unspecified atom stereocenters. The molecule has 3 heterocycles. The number of aromatic nitrogens is 3. The van der Waals surface area contributed by atoms with Gasteiger partial charge in [-0.25, -0.2) is 9.97 Å². The molecule has 4 N–H and O–H groups in total. The average molecular weight is 362 g/mol. The van der Waals surface area contributed by atoms with Crippen molar-refractivity contribution in [2.24, 2.45) is 0 Å². The van der Waals surface area contributed by atoms with Gasteiger partial charge >= 0.3 is 0 Å². The third kappa shape index (κ3) is 3.86. The predicted octanol–water partition coefficient (Wildman–Crippen LogP) is 2.98. The summed E-state index contributed by atoms with van der Waals surface area (Å²) in [5, 5.41) is 2.99. The van der Waals surface area contributed by atoms with E-state index in [2.05, 4.69) is 61.6 Å². The van der Waals surface area contributed by atoms with Gasteiger partial charge in [-0.05, 0) is 31.0 Å². The molecule has 1 saturated heterocycles. The summed E-state index contributed by atoms with van der Waals surface area (Å²) >= 11 is 0. The van der Waals surface area contributed by atoms with Gasteiger partial charge in [0.1, 0.15) is 0 Å². The highest BCUT2D eigenvalue weighted by molar-refractivity contribution is 5.85. The smallest absolute Gasteiger partial charge is 0.223 e. The summed E-state index contributed by atoms with van der Waals surface area (Å²) < 4.78 is 0. The summed E-state index contributed by atoms with van der Waals surface area (Å²) in [6.45, 7) is 2.19. The molecule has 0 saturated carbocycles. The van der Waals surface area contributed by atoms with Crippen molar-refractivity contribution in [3.63, 3.8) is 0 Å². The van der Waals surface area contributed by atoms with Crippen molar-refractivity contribution in [2.75, 3.05) is 30.4 Å². The fraction of sp³-hybridized carbons (Fsp3) is 0.333. The van der Waals surface area contributed by atoms with Gasteiger partial charge in [-0.1, -0.05) is 18.2 Å². The summed E-state index contributed by atoms with van der Waals surface area (Å²) in [5.41, 5.74) is 4.62. The standard InChI is InChI=1S/C18H21N5.ClH.H2O/c1-19-18-20-12-17-16(22-18)11-15(21-17)13-7-9-23(10-8-13)14-5-3-2-4-6-14;;/h2-6,11-13,21H,7-10H2,1H3,(H,19,20,22);1H;1H2. The second kappa shape index (κ2) is 8.18.